The number of fused-ring (bicyclic) bond motifs is 1. The van der Waals surface area contributed by atoms with Gasteiger partial charge in [0.05, 0.1) is 17.7 Å². The molecule has 0 unspecified atom stereocenters. The largest absolute Gasteiger partial charge is 0.468 e. The maximum Gasteiger partial charge on any atom is 0.272 e. The lowest BCUT2D eigenvalue weighted by Crippen LogP contribution is -2.23. The van der Waals surface area contributed by atoms with Gasteiger partial charge in [-0.15, -0.1) is 0 Å². The quantitative estimate of drug-likeness (QED) is 0.450. The number of furan rings is 1. The molecule has 148 valence electrons. The lowest BCUT2D eigenvalue weighted by molar-refractivity contribution is 0.102. The molecule has 1 amide bonds. The number of nitrogens with one attached hydrogen (secondary N) is 3. The Kier molecular flexibility index (Phi) is 4.96. The Morgan fingerprint density at radius 3 is 2.72 bits per heavy atom. The van der Waals surface area contributed by atoms with Crippen molar-refractivity contribution in [3.05, 3.63) is 83.9 Å². The summed E-state index contributed by atoms with van der Waals surface area (Å²) in [6.45, 7) is 2.03. The molecule has 0 saturated heterocycles. The zero-order chi connectivity index (χ0) is 20.4. The van der Waals surface area contributed by atoms with Gasteiger partial charge in [0.15, 0.2) is 0 Å². The van der Waals surface area contributed by atoms with Crippen LogP contribution < -0.4 is 10.0 Å². The van der Waals surface area contributed by atoms with Crippen LogP contribution in [-0.2, 0) is 16.6 Å². The molecule has 4 rings (SSSR count). The lowest BCUT2D eigenvalue weighted by atomic mass is 10.2. The van der Waals surface area contributed by atoms with Crippen molar-refractivity contribution in [3.8, 4) is 0 Å². The number of aromatic nitrogens is 1. The predicted molar refractivity (Wildman–Crippen MR) is 110 cm³/mol. The molecule has 0 atom stereocenters. The third-order valence-electron chi connectivity index (χ3n) is 4.44. The van der Waals surface area contributed by atoms with Crippen LogP contribution in [-0.4, -0.2) is 19.3 Å². The Bertz CT molecular complexity index is 1270. The first-order valence-electron chi connectivity index (χ1n) is 8.93. The number of carbonyl (C=O) groups is 1. The Morgan fingerprint density at radius 1 is 1.07 bits per heavy atom. The second-order valence-corrected chi connectivity index (χ2v) is 8.43. The van der Waals surface area contributed by atoms with E-state index >= 15 is 0 Å². The topological polar surface area (TPSA) is 104 Å². The van der Waals surface area contributed by atoms with E-state index in [1.54, 1.807) is 30.3 Å². The summed E-state index contributed by atoms with van der Waals surface area (Å²) in [5.74, 6) is 0.157. The summed E-state index contributed by atoms with van der Waals surface area (Å²) in [7, 11) is -3.75. The van der Waals surface area contributed by atoms with Crippen LogP contribution >= 0.6 is 0 Å². The highest BCUT2D eigenvalue weighted by Crippen LogP contribution is 2.20. The summed E-state index contributed by atoms with van der Waals surface area (Å²) in [6, 6.07) is 17.1. The van der Waals surface area contributed by atoms with Gasteiger partial charge in [-0.2, -0.15) is 0 Å². The second kappa shape index (κ2) is 7.57. The van der Waals surface area contributed by atoms with Crippen LogP contribution in [0.3, 0.4) is 0 Å². The average molecular weight is 409 g/mol. The highest BCUT2D eigenvalue weighted by molar-refractivity contribution is 7.89. The smallest absolute Gasteiger partial charge is 0.272 e. The van der Waals surface area contributed by atoms with Crippen LogP contribution in [0, 0.1) is 6.92 Å². The van der Waals surface area contributed by atoms with E-state index in [0.717, 1.165) is 16.5 Å². The summed E-state index contributed by atoms with van der Waals surface area (Å²) in [5, 5.41) is 3.67. The van der Waals surface area contributed by atoms with E-state index in [1.807, 2.05) is 25.1 Å². The third-order valence-corrected chi connectivity index (χ3v) is 5.84. The zero-order valence-electron chi connectivity index (χ0n) is 15.6. The van der Waals surface area contributed by atoms with Crippen LogP contribution in [0.2, 0.25) is 0 Å². The maximum atomic E-state index is 12.6. The third kappa shape index (κ3) is 4.23. The Labute approximate surface area is 167 Å². The van der Waals surface area contributed by atoms with Crippen molar-refractivity contribution in [2.45, 2.75) is 18.4 Å². The molecule has 0 aliphatic rings. The van der Waals surface area contributed by atoms with E-state index in [0.29, 0.717) is 17.1 Å². The van der Waals surface area contributed by atoms with Gasteiger partial charge in [0.1, 0.15) is 11.5 Å². The van der Waals surface area contributed by atoms with Crippen molar-refractivity contribution < 1.29 is 17.6 Å². The number of amides is 1. The van der Waals surface area contributed by atoms with Crippen LogP contribution in [0.25, 0.3) is 10.9 Å². The van der Waals surface area contributed by atoms with Gasteiger partial charge in [0, 0.05) is 16.6 Å². The number of H-pyrrole nitrogens is 1. The number of anilines is 1. The number of carbonyl (C=O) groups excluding carboxylic acids is 1. The minimum atomic E-state index is -3.75. The summed E-state index contributed by atoms with van der Waals surface area (Å²) in [6.07, 6.45) is 1.48. The fraction of sp³-hybridized carbons (Fsp3) is 0.0952. The molecule has 2 heterocycles. The fourth-order valence-corrected chi connectivity index (χ4v) is 4.02. The molecule has 0 bridgehead atoms. The number of rotatable bonds is 6. The van der Waals surface area contributed by atoms with Gasteiger partial charge in [-0.05, 0) is 55.5 Å². The number of benzene rings is 2. The van der Waals surface area contributed by atoms with Crippen molar-refractivity contribution >= 4 is 32.5 Å². The Balaban J connectivity index is 1.51. The number of hydrogen-bond donors (Lipinski definition) is 3. The molecule has 0 aliphatic heterocycles. The molecule has 3 N–H and O–H groups in total. The fourth-order valence-electron chi connectivity index (χ4n) is 2.98. The molecule has 0 fully saturated rings. The van der Waals surface area contributed by atoms with Crippen molar-refractivity contribution in [2.75, 3.05) is 5.32 Å². The van der Waals surface area contributed by atoms with E-state index in [2.05, 4.69) is 15.0 Å². The van der Waals surface area contributed by atoms with E-state index in [4.69, 9.17) is 4.42 Å². The molecule has 0 aliphatic carbocycles. The highest BCUT2D eigenvalue weighted by Gasteiger charge is 2.16. The van der Waals surface area contributed by atoms with Gasteiger partial charge in [-0.1, -0.05) is 17.7 Å². The van der Waals surface area contributed by atoms with Crippen LogP contribution in [0.15, 0.2) is 76.2 Å². The van der Waals surface area contributed by atoms with E-state index < -0.39 is 10.0 Å². The molecule has 2 aromatic heterocycles. The number of aryl methyl sites for hydroxylation is 1. The first-order chi connectivity index (χ1) is 13.9. The first-order valence-corrected chi connectivity index (χ1v) is 10.4. The molecule has 2 aromatic carbocycles. The summed E-state index contributed by atoms with van der Waals surface area (Å²) in [5.41, 5.74) is 2.74. The van der Waals surface area contributed by atoms with Gasteiger partial charge < -0.3 is 14.7 Å². The minimum Gasteiger partial charge on any atom is -0.468 e. The first kappa shape index (κ1) is 19.0. The normalized spacial score (nSPS) is 11.6. The zero-order valence-corrected chi connectivity index (χ0v) is 16.4. The molecule has 4 aromatic rings. The maximum absolute atomic E-state index is 12.6. The standard InChI is InChI=1S/C21H19N3O4S/c1-14-7-8-19-15(10-14)11-20(24-19)21(25)23-16-4-2-6-18(12-16)29(26,27)22-13-17-5-3-9-28-17/h2-12,22,24H,13H2,1H3,(H,23,25). The summed E-state index contributed by atoms with van der Waals surface area (Å²) in [4.78, 5) is 15.7. The molecular formula is C21H19N3O4S. The van der Waals surface area contributed by atoms with Crippen molar-refractivity contribution in [1.29, 1.82) is 0 Å². The molecule has 0 radical (unpaired) electrons. The Morgan fingerprint density at radius 2 is 1.93 bits per heavy atom. The molecule has 8 heteroatoms. The number of sulfonamides is 1. The molecule has 0 spiro atoms. The van der Waals surface area contributed by atoms with Crippen LogP contribution in [0.1, 0.15) is 21.8 Å². The summed E-state index contributed by atoms with van der Waals surface area (Å²) >= 11 is 0. The monoisotopic (exact) mass is 409 g/mol. The lowest BCUT2D eigenvalue weighted by Gasteiger charge is -2.08. The minimum absolute atomic E-state index is 0.0421. The predicted octanol–water partition coefficient (Wildman–Crippen LogP) is 3.80. The van der Waals surface area contributed by atoms with E-state index in [-0.39, 0.29) is 17.3 Å². The van der Waals surface area contributed by atoms with Gasteiger partial charge >= 0.3 is 0 Å². The van der Waals surface area contributed by atoms with E-state index in [9.17, 15) is 13.2 Å². The van der Waals surface area contributed by atoms with Crippen LogP contribution in [0.5, 0.6) is 0 Å². The molecule has 29 heavy (non-hydrogen) atoms. The Hall–Kier alpha value is -3.36. The SMILES string of the molecule is Cc1ccc2[nH]c(C(=O)Nc3cccc(S(=O)(=O)NCc4ccco4)c3)cc2c1. The van der Waals surface area contributed by atoms with Gasteiger partial charge in [0.25, 0.3) is 5.91 Å². The molecule has 0 saturated carbocycles. The van der Waals surface area contributed by atoms with Gasteiger partial charge in [-0.3, -0.25) is 4.79 Å². The number of hydrogen-bond acceptors (Lipinski definition) is 4. The van der Waals surface area contributed by atoms with Gasteiger partial charge in [-0.25, -0.2) is 13.1 Å². The summed E-state index contributed by atoms with van der Waals surface area (Å²) < 4.78 is 32.6. The van der Waals surface area contributed by atoms with E-state index in [1.165, 1.54) is 18.4 Å². The van der Waals surface area contributed by atoms with Gasteiger partial charge in [0.2, 0.25) is 10.0 Å². The van der Waals surface area contributed by atoms with Crippen molar-refractivity contribution in [1.82, 2.24) is 9.71 Å². The number of aromatic amines is 1. The molecule has 7 nitrogen and oxygen atoms in total. The van der Waals surface area contributed by atoms with Crippen molar-refractivity contribution in [3.63, 3.8) is 0 Å². The second-order valence-electron chi connectivity index (χ2n) is 6.66. The highest BCUT2D eigenvalue weighted by atomic mass is 32.2. The molecular weight excluding hydrogens is 390 g/mol. The van der Waals surface area contributed by atoms with Crippen molar-refractivity contribution in [2.24, 2.45) is 0 Å². The van der Waals surface area contributed by atoms with Crippen LogP contribution in [0.4, 0.5) is 5.69 Å². The average Bonchev–Trinajstić information content (AvgIpc) is 3.36.